The Labute approximate surface area is 121 Å². The van der Waals surface area contributed by atoms with Gasteiger partial charge in [0.15, 0.2) is 0 Å². The summed E-state index contributed by atoms with van der Waals surface area (Å²) in [5, 5.41) is 0. The summed E-state index contributed by atoms with van der Waals surface area (Å²) in [6.45, 7) is 0. The zero-order chi connectivity index (χ0) is 15.6. The third kappa shape index (κ3) is 2.87. The number of nitrogens with two attached hydrogens (primary N) is 1. The Hall–Kier alpha value is -2.41. The lowest BCUT2D eigenvalue weighted by Crippen LogP contribution is -2.27. The van der Waals surface area contributed by atoms with Gasteiger partial charge in [-0.1, -0.05) is 12.1 Å². The van der Waals surface area contributed by atoms with Crippen molar-refractivity contribution in [3.05, 3.63) is 59.9 Å². The number of sulfonamides is 1. The zero-order valence-corrected chi connectivity index (χ0v) is 12.0. The lowest BCUT2D eigenvalue weighted by molar-refractivity contribution is 0.100. The number of hydrogen-bond donors (Lipinski definition) is 1. The number of rotatable bonds is 4. The SMILES string of the molecule is CN(c1ccc(C(N)=O)cc1)S(=O)(=O)c1ccccc1F. The number of amides is 1. The second kappa shape index (κ2) is 5.53. The number of benzene rings is 2. The maximum atomic E-state index is 13.7. The number of hydrogen-bond acceptors (Lipinski definition) is 3. The van der Waals surface area contributed by atoms with Gasteiger partial charge in [0, 0.05) is 12.6 Å². The number of primary amides is 1. The van der Waals surface area contributed by atoms with E-state index in [1.54, 1.807) is 0 Å². The van der Waals surface area contributed by atoms with Crippen LogP contribution in [0.4, 0.5) is 10.1 Å². The number of halogens is 1. The molecule has 2 N–H and O–H groups in total. The summed E-state index contributed by atoms with van der Waals surface area (Å²) < 4.78 is 39.3. The quantitative estimate of drug-likeness (QED) is 0.934. The summed E-state index contributed by atoms with van der Waals surface area (Å²) in [7, 11) is -2.71. The molecule has 0 spiro atoms. The van der Waals surface area contributed by atoms with E-state index >= 15 is 0 Å². The van der Waals surface area contributed by atoms with Gasteiger partial charge >= 0.3 is 0 Å². The van der Waals surface area contributed by atoms with Crippen LogP contribution in [0.15, 0.2) is 53.4 Å². The molecule has 0 saturated carbocycles. The van der Waals surface area contributed by atoms with E-state index in [-0.39, 0.29) is 5.56 Å². The Balaban J connectivity index is 2.41. The molecule has 0 saturated heterocycles. The minimum atomic E-state index is -4.01. The molecule has 0 radical (unpaired) electrons. The molecular weight excluding hydrogens is 295 g/mol. The van der Waals surface area contributed by atoms with Crippen LogP contribution in [0.2, 0.25) is 0 Å². The van der Waals surface area contributed by atoms with Gasteiger partial charge < -0.3 is 5.73 Å². The molecule has 0 fully saturated rings. The minimum absolute atomic E-state index is 0.260. The van der Waals surface area contributed by atoms with Gasteiger partial charge in [0.25, 0.3) is 10.0 Å². The van der Waals surface area contributed by atoms with Crippen molar-refractivity contribution in [1.82, 2.24) is 0 Å². The fourth-order valence-corrected chi connectivity index (χ4v) is 3.04. The molecule has 0 aliphatic heterocycles. The molecule has 0 aliphatic rings. The third-order valence-corrected chi connectivity index (χ3v) is 4.81. The van der Waals surface area contributed by atoms with Crippen LogP contribution in [0.1, 0.15) is 10.4 Å². The van der Waals surface area contributed by atoms with Crippen molar-refractivity contribution in [2.24, 2.45) is 5.73 Å². The highest BCUT2D eigenvalue weighted by Crippen LogP contribution is 2.23. The van der Waals surface area contributed by atoms with Gasteiger partial charge in [-0.15, -0.1) is 0 Å². The average molecular weight is 308 g/mol. The molecule has 0 aliphatic carbocycles. The van der Waals surface area contributed by atoms with Crippen LogP contribution in [0.5, 0.6) is 0 Å². The van der Waals surface area contributed by atoms with E-state index in [0.29, 0.717) is 5.69 Å². The lowest BCUT2D eigenvalue weighted by atomic mass is 10.2. The maximum Gasteiger partial charge on any atom is 0.266 e. The smallest absolute Gasteiger partial charge is 0.266 e. The van der Waals surface area contributed by atoms with E-state index in [9.17, 15) is 17.6 Å². The van der Waals surface area contributed by atoms with Crippen molar-refractivity contribution in [2.75, 3.05) is 11.4 Å². The van der Waals surface area contributed by atoms with Gasteiger partial charge in [0.2, 0.25) is 5.91 Å². The highest BCUT2D eigenvalue weighted by atomic mass is 32.2. The van der Waals surface area contributed by atoms with Crippen molar-refractivity contribution >= 4 is 21.6 Å². The van der Waals surface area contributed by atoms with E-state index in [4.69, 9.17) is 5.73 Å². The van der Waals surface area contributed by atoms with Crippen LogP contribution >= 0.6 is 0 Å². The first-order valence-corrected chi connectivity index (χ1v) is 7.41. The predicted octanol–water partition coefficient (Wildman–Crippen LogP) is 1.75. The van der Waals surface area contributed by atoms with Gasteiger partial charge in [0.1, 0.15) is 10.7 Å². The van der Waals surface area contributed by atoms with Crippen LogP contribution in [0, 0.1) is 5.82 Å². The van der Waals surface area contributed by atoms with Gasteiger partial charge in [-0.3, -0.25) is 9.10 Å². The van der Waals surface area contributed by atoms with E-state index in [1.165, 1.54) is 49.5 Å². The van der Waals surface area contributed by atoms with Gasteiger partial charge in [0.05, 0.1) is 5.69 Å². The highest BCUT2D eigenvalue weighted by Gasteiger charge is 2.24. The van der Waals surface area contributed by atoms with E-state index in [1.807, 2.05) is 0 Å². The maximum absolute atomic E-state index is 13.7. The number of carbonyl (C=O) groups excluding carboxylic acids is 1. The van der Waals surface area contributed by atoms with Crippen LogP contribution in [0.3, 0.4) is 0 Å². The average Bonchev–Trinajstić information content (AvgIpc) is 2.46. The molecule has 110 valence electrons. The minimum Gasteiger partial charge on any atom is -0.366 e. The molecule has 5 nitrogen and oxygen atoms in total. The van der Waals surface area contributed by atoms with Crippen molar-refractivity contribution in [3.63, 3.8) is 0 Å². The summed E-state index contributed by atoms with van der Waals surface area (Å²) in [6.07, 6.45) is 0. The first-order valence-electron chi connectivity index (χ1n) is 5.97. The fourth-order valence-electron chi connectivity index (χ4n) is 1.78. The number of anilines is 1. The van der Waals surface area contributed by atoms with Crippen molar-refractivity contribution in [1.29, 1.82) is 0 Å². The third-order valence-electron chi connectivity index (χ3n) is 2.99. The molecule has 0 heterocycles. The lowest BCUT2D eigenvalue weighted by Gasteiger charge is -2.19. The van der Waals surface area contributed by atoms with E-state index in [0.717, 1.165) is 10.4 Å². The largest absolute Gasteiger partial charge is 0.366 e. The first-order chi connectivity index (χ1) is 9.84. The van der Waals surface area contributed by atoms with Gasteiger partial charge in [-0.2, -0.15) is 0 Å². The molecule has 0 bridgehead atoms. The van der Waals surface area contributed by atoms with E-state index < -0.39 is 26.6 Å². The Kier molecular flexibility index (Phi) is 3.95. The summed E-state index contributed by atoms with van der Waals surface area (Å²) >= 11 is 0. The molecule has 2 aromatic rings. The van der Waals surface area contributed by atoms with Gasteiger partial charge in [-0.25, -0.2) is 12.8 Å². The first kappa shape index (κ1) is 15.0. The zero-order valence-electron chi connectivity index (χ0n) is 11.2. The standard InChI is InChI=1S/C14H13FN2O3S/c1-17(11-8-6-10(7-9-11)14(16)18)21(19,20)13-5-3-2-4-12(13)15/h2-9H,1H3,(H2,16,18). The number of nitrogens with zero attached hydrogens (tertiary/aromatic N) is 1. The molecular formula is C14H13FN2O3S. The second-order valence-electron chi connectivity index (χ2n) is 4.31. The highest BCUT2D eigenvalue weighted by molar-refractivity contribution is 7.92. The summed E-state index contributed by atoms with van der Waals surface area (Å²) in [4.78, 5) is 10.6. The topological polar surface area (TPSA) is 80.5 Å². The van der Waals surface area contributed by atoms with Crippen molar-refractivity contribution in [3.8, 4) is 0 Å². The molecule has 21 heavy (non-hydrogen) atoms. The summed E-state index contributed by atoms with van der Waals surface area (Å²) in [5.74, 6) is -1.43. The van der Waals surface area contributed by atoms with Crippen molar-refractivity contribution < 1.29 is 17.6 Å². The molecule has 0 aromatic heterocycles. The molecule has 2 rings (SSSR count). The van der Waals surface area contributed by atoms with Crippen LogP contribution in [0.25, 0.3) is 0 Å². The predicted molar refractivity (Wildman–Crippen MR) is 76.9 cm³/mol. The molecule has 0 atom stereocenters. The Morgan fingerprint density at radius 2 is 1.67 bits per heavy atom. The normalized spacial score (nSPS) is 11.1. The van der Waals surface area contributed by atoms with Crippen LogP contribution in [-0.4, -0.2) is 21.4 Å². The Bertz CT molecular complexity index is 773. The molecule has 2 aromatic carbocycles. The fraction of sp³-hybridized carbons (Fsp3) is 0.0714. The Morgan fingerprint density at radius 1 is 1.10 bits per heavy atom. The second-order valence-corrected chi connectivity index (χ2v) is 6.25. The molecule has 1 amide bonds. The van der Waals surface area contributed by atoms with Gasteiger partial charge in [-0.05, 0) is 36.4 Å². The number of carbonyl (C=O) groups is 1. The van der Waals surface area contributed by atoms with Crippen LogP contribution in [-0.2, 0) is 10.0 Å². The van der Waals surface area contributed by atoms with E-state index in [2.05, 4.69) is 0 Å². The molecule has 0 unspecified atom stereocenters. The Morgan fingerprint density at radius 3 is 2.19 bits per heavy atom. The summed E-state index contributed by atoms with van der Waals surface area (Å²) in [5.41, 5.74) is 5.67. The summed E-state index contributed by atoms with van der Waals surface area (Å²) in [6, 6.07) is 10.8. The monoisotopic (exact) mass is 308 g/mol. The van der Waals surface area contributed by atoms with Crippen LogP contribution < -0.4 is 10.0 Å². The molecule has 7 heteroatoms. The van der Waals surface area contributed by atoms with Crippen molar-refractivity contribution in [2.45, 2.75) is 4.90 Å².